The number of benzene rings is 1. The lowest BCUT2D eigenvalue weighted by Gasteiger charge is -2.26. The van der Waals surface area contributed by atoms with Crippen LogP contribution in [0.1, 0.15) is 5.56 Å². The van der Waals surface area contributed by atoms with E-state index in [1.807, 2.05) is 35.2 Å². The second-order valence-electron chi connectivity index (χ2n) is 4.77. The van der Waals surface area contributed by atoms with Crippen molar-refractivity contribution in [3.05, 3.63) is 46.2 Å². The minimum atomic E-state index is -0.0790. The highest BCUT2D eigenvalue weighted by atomic mass is 16.2. The molecular formula is C14H15N3O2. The molecule has 1 aromatic heterocycles. The van der Waals surface area contributed by atoms with Gasteiger partial charge in [0.1, 0.15) is 0 Å². The van der Waals surface area contributed by atoms with E-state index in [0.29, 0.717) is 25.2 Å². The molecule has 1 aliphatic heterocycles. The van der Waals surface area contributed by atoms with Gasteiger partial charge in [0.2, 0.25) is 5.91 Å². The summed E-state index contributed by atoms with van der Waals surface area (Å²) in [6.45, 7) is 2.28. The van der Waals surface area contributed by atoms with E-state index in [2.05, 4.69) is 10.3 Å². The zero-order chi connectivity index (χ0) is 13.2. The van der Waals surface area contributed by atoms with Crippen molar-refractivity contribution in [2.75, 3.05) is 19.6 Å². The van der Waals surface area contributed by atoms with Crippen LogP contribution in [0.4, 0.5) is 0 Å². The van der Waals surface area contributed by atoms with E-state index in [-0.39, 0.29) is 11.5 Å². The Bertz CT molecular complexity index is 678. The maximum absolute atomic E-state index is 12.0. The van der Waals surface area contributed by atoms with Crippen LogP contribution in [0.5, 0.6) is 0 Å². The van der Waals surface area contributed by atoms with E-state index in [4.69, 9.17) is 0 Å². The van der Waals surface area contributed by atoms with Crippen LogP contribution in [0.3, 0.4) is 0 Å². The number of aromatic nitrogens is 1. The monoisotopic (exact) mass is 257 g/mol. The van der Waals surface area contributed by atoms with E-state index in [1.165, 1.54) is 0 Å². The van der Waals surface area contributed by atoms with Gasteiger partial charge in [-0.1, -0.05) is 18.2 Å². The molecule has 1 aromatic carbocycles. The third-order valence-electron chi connectivity index (χ3n) is 3.34. The highest BCUT2D eigenvalue weighted by molar-refractivity contribution is 5.79. The Balaban J connectivity index is 1.90. The van der Waals surface area contributed by atoms with Crippen LogP contribution in [0.2, 0.25) is 0 Å². The van der Waals surface area contributed by atoms with Crippen molar-refractivity contribution in [2.45, 2.75) is 6.54 Å². The smallest absolute Gasteiger partial charge is 0.252 e. The number of H-pyrrole nitrogens is 1. The summed E-state index contributed by atoms with van der Waals surface area (Å²) in [6, 6.07) is 9.60. The fourth-order valence-electron chi connectivity index (χ4n) is 2.38. The number of amides is 1. The van der Waals surface area contributed by atoms with Gasteiger partial charge in [-0.2, -0.15) is 0 Å². The molecule has 0 atom stereocenters. The molecule has 0 radical (unpaired) electrons. The minimum Gasteiger partial charge on any atom is -0.354 e. The number of nitrogens with one attached hydrogen (secondary N) is 2. The van der Waals surface area contributed by atoms with Crippen molar-refractivity contribution in [2.24, 2.45) is 0 Å². The van der Waals surface area contributed by atoms with Crippen LogP contribution in [0.25, 0.3) is 10.9 Å². The van der Waals surface area contributed by atoms with Gasteiger partial charge in [-0.3, -0.25) is 14.5 Å². The first-order chi connectivity index (χ1) is 9.22. The van der Waals surface area contributed by atoms with Crippen molar-refractivity contribution < 1.29 is 4.79 Å². The molecule has 2 N–H and O–H groups in total. The fourth-order valence-corrected chi connectivity index (χ4v) is 2.38. The normalized spacial score (nSPS) is 16.5. The zero-order valence-corrected chi connectivity index (χ0v) is 10.5. The predicted molar refractivity (Wildman–Crippen MR) is 72.9 cm³/mol. The van der Waals surface area contributed by atoms with E-state index < -0.39 is 0 Å². The van der Waals surface area contributed by atoms with Gasteiger partial charge in [0.05, 0.1) is 6.54 Å². The summed E-state index contributed by atoms with van der Waals surface area (Å²) in [5.41, 5.74) is 1.46. The van der Waals surface area contributed by atoms with Crippen LogP contribution in [0.15, 0.2) is 35.1 Å². The Kier molecular flexibility index (Phi) is 3.05. The van der Waals surface area contributed by atoms with E-state index >= 15 is 0 Å². The summed E-state index contributed by atoms with van der Waals surface area (Å²) in [7, 11) is 0. The highest BCUT2D eigenvalue weighted by Crippen LogP contribution is 2.11. The van der Waals surface area contributed by atoms with Crippen LogP contribution < -0.4 is 10.9 Å². The Morgan fingerprint density at radius 1 is 1.21 bits per heavy atom. The molecule has 19 heavy (non-hydrogen) atoms. The number of fused-ring (bicyclic) bond motifs is 1. The van der Waals surface area contributed by atoms with Crippen molar-refractivity contribution in [3.8, 4) is 0 Å². The van der Waals surface area contributed by atoms with Gasteiger partial charge in [0.15, 0.2) is 0 Å². The van der Waals surface area contributed by atoms with Gasteiger partial charge in [0.25, 0.3) is 5.56 Å². The summed E-state index contributed by atoms with van der Waals surface area (Å²) in [5.74, 6) is 0.0171. The lowest BCUT2D eigenvalue weighted by molar-refractivity contribution is -0.124. The maximum atomic E-state index is 12.0. The standard InChI is InChI=1S/C14H15N3O2/c18-13-9-17(6-5-15-13)8-11-7-10-3-1-2-4-12(10)16-14(11)19/h1-4,7H,5-6,8-9H2,(H,15,18)(H,16,19). The van der Waals surface area contributed by atoms with Crippen LogP contribution in [-0.2, 0) is 11.3 Å². The molecule has 0 aliphatic carbocycles. The third kappa shape index (κ3) is 2.51. The number of carbonyl (C=O) groups excluding carboxylic acids is 1. The highest BCUT2D eigenvalue weighted by Gasteiger charge is 2.17. The second-order valence-corrected chi connectivity index (χ2v) is 4.77. The van der Waals surface area contributed by atoms with Crippen molar-refractivity contribution in [1.82, 2.24) is 15.2 Å². The summed E-state index contributed by atoms with van der Waals surface area (Å²) in [4.78, 5) is 28.2. The first-order valence-electron chi connectivity index (χ1n) is 6.32. The molecule has 5 nitrogen and oxygen atoms in total. The Morgan fingerprint density at radius 2 is 2.05 bits per heavy atom. The largest absolute Gasteiger partial charge is 0.354 e. The van der Waals surface area contributed by atoms with Crippen LogP contribution >= 0.6 is 0 Å². The topological polar surface area (TPSA) is 65.2 Å². The molecule has 2 heterocycles. The molecule has 5 heteroatoms. The van der Waals surface area contributed by atoms with Gasteiger partial charge < -0.3 is 10.3 Å². The van der Waals surface area contributed by atoms with Crippen molar-refractivity contribution >= 4 is 16.8 Å². The second kappa shape index (κ2) is 4.85. The van der Waals surface area contributed by atoms with E-state index in [9.17, 15) is 9.59 Å². The molecule has 1 fully saturated rings. The quantitative estimate of drug-likeness (QED) is 0.821. The molecule has 2 aromatic rings. The van der Waals surface area contributed by atoms with Crippen LogP contribution in [0, 0.1) is 0 Å². The molecule has 0 bridgehead atoms. The van der Waals surface area contributed by atoms with Gasteiger partial charge >= 0.3 is 0 Å². The van der Waals surface area contributed by atoms with Crippen molar-refractivity contribution in [1.29, 1.82) is 0 Å². The van der Waals surface area contributed by atoms with Gasteiger partial charge in [-0.25, -0.2) is 0 Å². The summed E-state index contributed by atoms with van der Waals surface area (Å²) in [6.07, 6.45) is 0. The third-order valence-corrected chi connectivity index (χ3v) is 3.34. The van der Waals surface area contributed by atoms with Crippen LogP contribution in [-0.4, -0.2) is 35.4 Å². The minimum absolute atomic E-state index is 0.0171. The number of rotatable bonds is 2. The summed E-state index contributed by atoms with van der Waals surface area (Å²) < 4.78 is 0. The number of hydrogen-bond acceptors (Lipinski definition) is 3. The zero-order valence-electron chi connectivity index (χ0n) is 10.5. The lowest BCUT2D eigenvalue weighted by Crippen LogP contribution is -2.47. The number of pyridine rings is 1. The maximum Gasteiger partial charge on any atom is 0.252 e. The molecular weight excluding hydrogens is 242 g/mol. The predicted octanol–water partition coefficient (Wildman–Crippen LogP) is 0.460. The molecule has 1 aliphatic rings. The number of carbonyl (C=O) groups is 1. The Labute approximate surface area is 110 Å². The number of hydrogen-bond donors (Lipinski definition) is 2. The molecule has 1 amide bonds. The SMILES string of the molecule is O=C1CN(Cc2cc3ccccc3[nH]c2=O)CCN1. The average molecular weight is 257 g/mol. The number of nitrogens with zero attached hydrogens (tertiary/aromatic N) is 1. The van der Waals surface area contributed by atoms with Crippen molar-refractivity contribution in [3.63, 3.8) is 0 Å². The van der Waals surface area contributed by atoms with E-state index in [1.54, 1.807) is 0 Å². The Hall–Kier alpha value is -2.14. The van der Waals surface area contributed by atoms with E-state index in [0.717, 1.165) is 17.4 Å². The molecule has 0 unspecified atom stereocenters. The summed E-state index contributed by atoms with van der Waals surface area (Å²) >= 11 is 0. The van der Waals surface area contributed by atoms with Gasteiger partial charge in [0, 0.05) is 30.7 Å². The molecule has 1 saturated heterocycles. The lowest BCUT2D eigenvalue weighted by atomic mass is 10.1. The van der Waals surface area contributed by atoms with Gasteiger partial charge in [-0.15, -0.1) is 0 Å². The number of para-hydroxylation sites is 1. The first kappa shape index (κ1) is 11.9. The molecule has 0 spiro atoms. The molecule has 3 rings (SSSR count). The Morgan fingerprint density at radius 3 is 2.89 bits per heavy atom. The molecule has 0 saturated carbocycles. The number of piperazine rings is 1. The van der Waals surface area contributed by atoms with Gasteiger partial charge in [-0.05, 0) is 17.5 Å². The molecule has 98 valence electrons. The summed E-state index contributed by atoms with van der Waals surface area (Å²) in [5, 5.41) is 3.79. The fraction of sp³-hybridized carbons (Fsp3) is 0.286. The number of aromatic amines is 1. The average Bonchev–Trinajstić information content (AvgIpc) is 2.40. The first-order valence-corrected chi connectivity index (χ1v) is 6.32.